The number of para-hydroxylation sites is 3. The maximum atomic E-state index is 6.16. The number of ether oxygens (including phenoxy) is 1. The number of nitrogens with two attached hydrogens (primary N) is 1. The predicted molar refractivity (Wildman–Crippen MR) is 98.5 cm³/mol. The van der Waals surface area contributed by atoms with Gasteiger partial charge in [0.25, 0.3) is 0 Å². The summed E-state index contributed by atoms with van der Waals surface area (Å²) in [5, 5.41) is 1.08. The molecule has 118 valence electrons. The van der Waals surface area contributed by atoms with Gasteiger partial charge >= 0.3 is 0 Å². The first kappa shape index (κ1) is 14.4. The van der Waals surface area contributed by atoms with Crippen molar-refractivity contribution >= 4 is 16.6 Å². The lowest BCUT2D eigenvalue weighted by atomic mass is 10.2. The molecule has 0 atom stereocenters. The van der Waals surface area contributed by atoms with Crippen LogP contribution in [0.3, 0.4) is 0 Å². The zero-order valence-corrected chi connectivity index (χ0v) is 13.2. The standard InChI is InChI=1S/C21H18N2O/c22-18-11-5-7-13-20(18)23-14-21(17-10-4-6-12-19(17)23)24-15-16-8-2-1-3-9-16/h1-14H,15,22H2. The number of aromatic nitrogens is 1. The van der Waals surface area contributed by atoms with E-state index in [1.807, 2.05) is 60.8 Å². The molecule has 3 aromatic carbocycles. The molecule has 0 spiro atoms. The monoisotopic (exact) mass is 314 g/mol. The Labute approximate surface area is 140 Å². The van der Waals surface area contributed by atoms with E-state index >= 15 is 0 Å². The molecular weight excluding hydrogens is 296 g/mol. The van der Waals surface area contributed by atoms with Crippen LogP contribution in [-0.2, 0) is 6.61 Å². The average molecular weight is 314 g/mol. The van der Waals surface area contributed by atoms with Crippen LogP contribution in [0, 0.1) is 0 Å². The highest BCUT2D eigenvalue weighted by atomic mass is 16.5. The number of benzene rings is 3. The zero-order chi connectivity index (χ0) is 16.4. The van der Waals surface area contributed by atoms with Gasteiger partial charge in [-0.3, -0.25) is 0 Å². The Hall–Kier alpha value is -3.20. The number of nitrogens with zero attached hydrogens (tertiary/aromatic N) is 1. The summed E-state index contributed by atoms with van der Waals surface area (Å²) in [4.78, 5) is 0. The SMILES string of the molecule is Nc1ccccc1-n1cc(OCc2ccccc2)c2ccccc21. The molecule has 3 heteroatoms. The maximum Gasteiger partial charge on any atom is 0.145 e. The molecular formula is C21H18N2O. The van der Waals surface area contributed by atoms with Crippen LogP contribution in [0.5, 0.6) is 5.75 Å². The van der Waals surface area contributed by atoms with Crippen LogP contribution in [-0.4, -0.2) is 4.57 Å². The molecule has 1 aromatic heterocycles. The minimum absolute atomic E-state index is 0.541. The summed E-state index contributed by atoms with van der Waals surface area (Å²) >= 11 is 0. The minimum atomic E-state index is 0.541. The fourth-order valence-electron chi connectivity index (χ4n) is 2.90. The molecule has 4 aromatic rings. The molecule has 0 aliphatic heterocycles. The fourth-order valence-corrected chi connectivity index (χ4v) is 2.90. The first-order valence-corrected chi connectivity index (χ1v) is 7.94. The Morgan fingerprint density at radius 3 is 2.33 bits per heavy atom. The second-order valence-corrected chi connectivity index (χ2v) is 5.71. The van der Waals surface area contributed by atoms with Crippen molar-refractivity contribution in [2.45, 2.75) is 6.61 Å². The summed E-state index contributed by atoms with van der Waals surface area (Å²) in [6, 6.07) is 26.2. The van der Waals surface area contributed by atoms with Crippen molar-refractivity contribution in [2.24, 2.45) is 0 Å². The minimum Gasteiger partial charge on any atom is -0.487 e. The average Bonchev–Trinajstić information content (AvgIpc) is 3.00. The molecule has 0 saturated carbocycles. The van der Waals surface area contributed by atoms with Gasteiger partial charge in [0, 0.05) is 5.39 Å². The lowest BCUT2D eigenvalue weighted by molar-refractivity contribution is 0.309. The molecule has 4 rings (SSSR count). The molecule has 2 N–H and O–H groups in total. The van der Waals surface area contributed by atoms with Gasteiger partial charge in [-0.25, -0.2) is 0 Å². The first-order valence-electron chi connectivity index (χ1n) is 7.94. The van der Waals surface area contributed by atoms with Crippen molar-refractivity contribution in [2.75, 3.05) is 5.73 Å². The molecule has 0 saturated heterocycles. The van der Waals surface area contributed by atoms with Gasteiger partial charge in [-0.15, -0.1) is 0 Å². The molecule has 0 aliphatic rings. The van der Waals surface area contributed by atoms with E-state index < -0.39 is 0 Å². The highest BCUT2D eigenvalue weighted by Gasteiger charge is 2.12. The maximum absolute atomic E-state index is 6.16. The van der Waals surface area contributed by atoms with Crippen LogP contribution >= 0.6 is 0 Å². The zero-order valence-electron chi connectivity index (χ0n) is 13.2. The first-order chi connectivity index (χ1) is 11.8. The van der Waals surface area contributed by atoms with E-state index in [-0.39, 0.29) is 0 Å². The van der Waals surface area contributed by atoms with Gasteiger partial charge in [-0.1, -0.05) is 54.6 Å². The molecule has 0 bridgehead atoms. The van der Waals surface area contributed by atoms with Crippen LogP contribution in [0.25, 0.3) is 16.6 Å². The van der Waals surface area contributed by atoms with Crippen LogP contribution in [0.1, 0.15) is 5.56 Å². The smallest absolute Gasteiger partial charge is 0.145 e. The van der Waals surface area contributed by atoms with Crippen LogP contribution in [0.4, 0.5) is 5.69 Å². The third kappa shape index (κ3) is 2.61. The third-order valence-electron chi connectivity index (χ3n) is 4.11. The molecule has 0 radical (unpaired) electrons. The number of hydrogen-bond acceptors (Lipinski definition) is 2. The summed E-state index contributed by atoms with van der Waals surface area (Å²) in [5.74, 6) is 0.859. The Kier molecular flexibility index (Phi) is 3.67. The van der Waals surface area contributed by atoms with Crippen LogP contribution in [0.15, 0.2) is 85.1 Å². The molecule has 0 aliphatic carbocycles. The second-order valence-electron chi connectivity index (χ2n) is 5.71. The van der Waals surface area contributed by atoms with E-state index in [1.54, 1.807) is 0 Å². The van der Waals surface area contributed by atoms with Gasteiger partial charge in [-0.05, 0) is 29.8 Å². The number of fused-ring (bicyclic) bond motifs is 1. The largest absolute Gasteiger partial charge is 0.487 e. The van der Waals surface area contributed by atoms with Crippen LogP contribution < -0.4 is 10.5 Å². The third-order valence-corrected chi connectivity index (χ3v) is 4.11. The van der Waals surface area contributed by atoms with Crippen molar-refractivity contribution in [3.8, 4) is 11.4 Å². The van der Waals surface area contributed by atoms with Gasteiger partial charge in [0.2, 0.25) is 0 Å². The number of anilines is 1. The van der Waals surface area contributed by atoms with E-state index in [9.17, 15) is 0 Å². The van der Waals surface area contributed by atoms with Gasteiger partial charge in [0.15, 0.2) is 0 Å². The van der Waals surface area contributed by atoms with Crippen molar-refractivity contribution in [1.82, 2.24) is 4.57 Å². The quantitative estimate of drug-likeness (QED) is 0.550. The normalized spacial score (nSPS) is 10.8. The highest BCUT2D eigenvalue weighted by Crippen LogP contribution is 2.32. The second kappa shape index (κ2) is 6.13. The van der Waals surface area contributed by atoms with Gasteiger partial charge in [0.1, 0.15) is 12.4 Å². The Balaban J connectivity index is 1.76. The lowest BCUT2D eigenvalue weighted by Gasteiger charge is -2.07. The van der Waals surface area contributed by atoms with Crippen molar-refractivity contribution < 1.29 is 4.74 Å². The predicted octanol–water partition coefficient (Wildman–Crippen LogP) is 4.79. The van der Waals surface area contributed by atoms with Gasteiger partial charge in [-0.2, -0.15) is 0 Å². The summed E-state index contributed by atoms with van der Waals surface area (Å²) < 4.78 is 8.17. The summed E-state index contributed by atoms with van der Waals surface area (Å²) in [5.41, 5.74) is 10.1. The fraction of sp³-hybridized carbons (Fsp3) is 0.0476. The number of hydrogen-bond donors (Lipinski definition) is 1. The molecule has 24 heavy (non-hydrogen) atoms. The number of rotatable bonds is 4. The van der Waals surface area contributed by atoms with Crippen molar-refractivity contribution in [3.63, 3.8) is 0 Å². The van der Waals surface area contributed by atoms with Gasteiger partial charge in [0.05, 0.1) is 23.1 Å². The molecule has 3 nitrogen and oxygen atoms in total. The molecule has 0 amide bonds. The topological polar surface area (TPSA) is 40.2 Å². The lowest BCUT2D eigenvalue weighted by Crippen LogP contribution is -1.98. The van der Waals surface area contributed by atoms with E-state index in [0.29, 0.717) is 6.61 Å². The van der Waals surface area contributed by atoms with E-state index in [4.69, 9.17) is 10.5 Å². The van der Waals surface area contributed by atoms with E-state index in [1.165, 1.54) is 0 Å². The summed E-state index contributed by atoms with van der Waals surface area (Å²) in [7, 11) is 0. The van der Waals surface area contributed by atoms with Crippen molar-refractivity contribution in [1.29, 1.82) is 0 Å². The Morgan fingerprint density at radius 1 is 0.792 bits per heavy atom. The highest BCUT2D eigenvalue weighted by molar-refractivity contribution is 5.89. The summed E-state index contributed by atoms with van der Waals surface area (Å²) in [6.45, 7) is 0.541. The van der Waals surface area contributed by atoms with Gasteiger partial charge < -0.3 is 15.0 Å². The number of nitrogen functional groups attached to an aromatic ring is 1. The van der Waals surface area contributed by atoms with Crippen molar-refractivity contribution in [3.05, 3.63) is 90.6 Å². The van der Waals surface area contributed by atoms with Crippen LogP contribution in [0.2, 0.25) is 0 Å². The summed E-state index contributed by atoms with van der Waals surface area (Å²) in [6.07, 6.45) is 2.01. The Morgan fingerprint density at radius 2 is 1.50 bits per heavy atom. The molecule has 0 unspecified atom stereocenters. The Bertz CT molecular complexity index is 973. The van der Waals surface area contributed by atoms with E-state index in [2.05, 4.69) is 28.8 Å². The van der Waals surface area contributed by atoms with E-state index in [0.717, 1.165) is 33.6 Å². The molecule has 1 heterocycles. The molecule has 0 fully saturated rings.